The summed E-state index contributed by atoms with van der Waals surface area (Å²) >= 11 is 0. The quantitative estimate of drug-likeness (QED) is 0.515. The van der Waals surface area contributed by atoms with Crippen molar-refractivity contribution in [3.05, 3.63) is 0 Å². The molecule has 0 bridgehead atoms. The Morgan fingerprint density at radius 3 is 2.19 bits per heavy atom. The van der Waals surface area contributed by atoms with Crippen LogP contribution < -0.4 is 10.6 Å². The molecule has 210 valence electrons. The second-order valence-electron chi connectivity index (χ2n) is 10.5. The number of likely N-dealkylation sites (N-methyl/N-ethyl adjacent to an activating group) is 1. The molecule has 1 aliphatic heterocycles. The first-order valence-corrected chi connectivity index (χ1v) is 13.7. The molecular weight excluding hydrogens is 503 g/mol. The molecule has 2 N–H and O–H groups in total. The average molecular weight is 544 g/mol. The third-order valence-corrected chi connectivity index (χ3v) is 7.47. The number of hydrogen-bond acceptors (Lipinski definition) is 6. The van der Waals surface area contributed by atoms with Crippen LogP contribution in [-0.4, -0.2) is 67.8 Å². The molecule has 9 nitrogen and oxygen atoms in total. The number of ether oxygens (including phenoxy) is 1. The van der Waals surface area contributed by atoms with E-state index in [4.69, 9.17) is 4.74 Å². The molecule has 1 saturated heterocycles. The molecule has 1 aliphatic rings. The largest absolute Gasteiger partial charge is 0.511 e. The number of carbonyl (C=O) groups excluding carboxylic acids is 3. The molecule has 2 amide bonds. The molecule has 0 aromatic carbocycles. The Morgan fingerprint density at radius 2 is 1.69 bits per heavy atom. The van der Waals surface area contributed by atoms with Crippen LogP contribution in [0.3, 0.4) is 0 Å². The highest BCUT2D eigenvalue weighted by Gasteiger charge is 2.49. The first kappa shape index (κ1) is 32.1. The zero-order chi connectivity index (χ0) is 27.9. The van der Waals surface area contributed by atoms with E-state index in [2.05, 4.69) is 10.6 Å². The standard InChI is InChI=1S/C23H40F3N3O6S/c1-15(2)14-17-16(21(32)35-22(3,4)5)10-9-13-29(36(33,34)23(24,25)26)12-8-7-11-18(20(31)27-6)28-19(17)30/h15-18H,7-14H2,1-6H3,(H,27,31)(H,28,30)/t16-,17?,18?/m0/s1. The van der Waals surface area contributed by atoms with Crippen molar-refractivity contribution in [1.29, 1.82) is 0 Å². The predicted octanol–water partition coefficient (Wildman–Crippen LogP) is 2.95. The predicted molar refractivity (Wildman–Crippen MR) is 128 cm³/mol. The van der Waals surface area contributed by atoms with E-state index in [-0.39, 0.29) is 44.4 Å². The van der Waals surface area contributed by atoms with Gasteiger partial charge in [-0.05, 0) is 65.2 Å². The van der Waals surface area contributed by atoms with Crippen LogP contribution in [0.1, 0.15) is 73.1 Å². The van der Waals surface area contributed by atoms with E-state index in [0.29, 0.717) is 4.31 Å². The molecule has 0 spiro atoms. The van der Waals surface area contributed by atoms with E-state index in [9.17, 15) is 36.0 Å². The maximum Gasteiger partial charge on any atom is 0.511 e. The number of carbonyl (C=O) groups is 3. The summed E-state index contributed by atoms with van der Waals surface area (Å²) in [4.78, 5) is 38.9. The number of esters is 1. The molecule has 1 heterocycles. The highest BCUT2D eigenvalue weighted by Crippen LogP contribution is 2.31. The lowest BCUT2D eigenvalue weighted by atomic mass is 9.81. The van der Waals surface area contributed by atoms with Gasteiger partial charge in [-0.1, -0.05) is 13.8 Å². The van der Waals surface area contributed by atoms with Crippen LogP contribution in [0.25, 0.3) is 0 Å². The minimum absolute atomic E-state index is 0.0260. The molecule has 0 aromatic heterocycles. The molecule has 0 aromatic rings. The van der Waals surface area contributed by atoms with Crippen molar-refractivity contribution >= 4 is 27.8 Å². The second-order valence-corrected chi connectivity index (χ2v) is 12.5. The topological polar surface area (TPSA) is 122 Å². The van der Waals surface area contributed by atoms with E-state index in [1.807, 2.05) is 13.8 Å². The lowest BCUT2D eigenvalue weighted by molar-refractivity contribution is -0.164. The van der Waals surface area contributed by atoms with Crippen molar-refractivity contribution in [2.24, 2.45) is 17.8 Å². The van der Waals surface area contributed by atoms with Crippen molar-refractivity contribution in [3.63, 3.8) is 0 Å². The number of hydrogen-bond donors (Lipinski definition) is 2. The molecule has 2 unspecified atom stereocenters. The van der Waals surface area contributed by atoms with Crippen LogP contribution in [0.4, 0.5) is 13.2 Å². The fourth-order valence-corrected chi connectivity index (χ4v) is 5.20. The van der Waals surface area contributed by atoms with Gasteiger partial charge in [0.25, 0.3) is 0 Å². The number of sulfonamides is 1. The van der Waals surface area contributed by atoms with Crippen molar-refractivity contribution < 1.29 is 40.7 Å². The van der Waals surface area contributed by atoms with Gasteiger partial charge in [0.2, 0.25) is 11.8 Å². The van der Waals surface area contributed by atoms with Gasteiger partial charge in [0, 0.05) is 20.1 Å². The van der Waals surface area contributed by atoms with Crippen molar-refractivity contribution in [2.75, 3.05) is 20.1 Å². The molecule has 36 heavy (non-hydrogen) atoms. The Bertz CT molecular complexity index is 871. The molecule has 1 fully saturated rings. The van der Waals surface area contributed by atoms with Gasteiger partial charge in [-0.15, -0.1) is 0 Å². The summed E-state index contributed by atoms with van der Waals surface area (Å²) in [7, 11) is -4.20. The van der Waals surface area contributed by atoms with Gasteiger partial charge >= 0.3 is 21.5 Å². The van der Waals surface area contributed by atoms with Gasteiger partial charge in [-0.25, -0.2) is 8.42 Å². The van der Waals surface area contributed by atoms with E-state index >= 15 is 0 Å². The van der Waals surface area contributed by atoms with Crippen LogP contribution >= 0.6 is 0 Å². The van der Waals surface area contributed by atoms with Crippen LogP contribution in [-0.2, 0) is 29.1 Å². The minimum Gasteiger partial charge on any atom is -0.460 e. The van der Waals surface area contributed by atoms with Gasteiger partial charge < -0.3 is 15.4 Å². The van der Waals surface area contributed by atoms with Gasteiger partial charge in [-0.2, -0.15) is 17.5 Å². The first-order chi connectivity index (χ1) is 16.4. The molecule has 3 atom stereocenters. The van der Waals surface area contributed by atoms with E-state index < -0.39 is 69.9 Å². The second kappa shape index (κ2) is 13.1. The van der Waals surface area contributed by atoms with Crippen LogP contribution in [0.15, 0.2) is 0 Å². The lowest BCUT2D eigenvalue weighted by Crippen LogP contribution is -2.50. The summed E-state index contributed by atoms with van der Waals surface area (Å²) < 4.78 is 70.1. The zero-order valence-corrected chi connectivity index (χ0v) is 22.7. The van der Waals surface area contributed by atoms with Crippen LogP contribution in [0.2, 0.25) is 0 Å². The Hall–Kier alpha value is -1.89. The Morgan fingerprint density at radius 1 is 1.11 bits per heavy atom. The smallest absolute Gasteiger partial charge is 0.460 e. The Kier molecular flexibility index (Phi) is 11.7. The Balaban J connectivity index is 3.46. The number of halogens is 3. The fourth-order valence-electron chi connectivity index (χ4n) is 4.17. The Labute approximate surface area is 211 Å². The van der Waals surface area contributed by atoms with E-state index in [1.54, 1.807) is 20.8 Å². The van der Waals surface area contributed by atoms with Crippen molar-refractivity contribution in [2.45, 2.75) is 90.3 Å². The van der Waals surface area contributed by atoms with Gasteiger partial charge in [-0.3, -0.25) is 14.4 Å². The number of nitrogens with one attached hydrogen (secondary N) is 2. The van der Waals surface area contributed by atoms with Gasteiger partial charge in [0.1, 0.15) is 11.6 Å². The van der Waals surface area contributed by atoms with Crippen molar-refractivity contribution in [1.82, 2.24) is 14.9 Å². The lowest BCUT2D eigenvalue weighted by Gasteiger charge is -2.31. The molecule has 0 saturated carbocycles. The number of rotatable bonds is 5. The third kappa shape index (κ3) is 9.53. The number of amides is 2. The first-order valence-electron chi connectivity index (χ1n) is 12.2. The van der Waals surface area contributed by atoms with Gasteiger partial charge in [0.15, 0.2) is 0 Å². The molecule has 1 rings (SSSR count). The molecule has 13 heteroatoms. The molecule has 0 radical (unpaired) electrons. The maximum absolute atomic E-state index is 13.4. The third-order valence-electron chi connectivity index (χ3n) is 5.84. The summed E-state index contributed by atoms with van der Waals surface area (Å²) in [5, 5.41) is 5.16. The normalized spacial score (nSPS) is 24.2. The highest BCUT2D eigenvalue weighted by molar-refractivity contribution is 7.90. The molecular formula is C23H40F3N3O6S. The summed E-state index contributed by atoms with van der Waals surface area (Å²) in [6.45, 7) is 7.81. The monoisotopic (exact) mass is 543 g/mol. The number of nitrogens with zero attached hydrogens (tertiary/aromatic N) is 1. The maximum atomic E-state index is 13.4. The van der Waals surface area contributed by atoms with E-state index in [1.165, 1.54) is 7.05 Å². The van der Waals surface area contributed by atoms with E-state index in [0.717, 1.165) is 0 Å². The fraction of sp³-hybridized carbons (Fsp3) is 0.870. The van der Waals surface area contributed by atoms with Crippen LogP contribution in [0, 0.1) is 17.8 Å². The number of alkyl halides is 3. The average Bonchev–Trinajstić information content (AvgIpc) is 2.73. The molecule has 0 aliphatic carbocycles. The zero-order valence-electron chi connectivity index (χ0n) is 21.9. The van der Waals surface area contributed by atoms with Crippen LogP contribution in [0.5, 0.6) is 0 Å². The summed E-state index contributed by atoms with van der Waals surface area (Å²) in [5.74, 6) is -3.68. The minimum atomic E-state index is -5.59. The summed E-state index contributed by atoms with van der Waals surface area (Å²) in [6.07, 6.45) is 0.474. The SMILES string of the molecule is CNC(=O)C1CCCCN(S(=O)(=O)C(F)(F)F)CCC[C@H](C(=O)OC(C)(C)C)C(CC(C)C)C(=O)N1. The highest BCUT2D eigenvalue weighted by atomic mass is 32.2. The van der Waals surface area contributed by atoms with Gasteiger partial charge in [0.05, 0.1) is 11.8 Å². The summed E-state index contributed by atoms with van der Waals surface area (Å²) in [6, 6.07) is -0.982. The van der Waals surface area contributed by atoms with Crippen molar-refractivity contribution in [3.8, 4) is 0 Å². The summed E-state index contributed by atoms with van der Waals surface area (Å²) in [5.41, 5.74) is -6.35.